The Bertz CT molecular complexity index is 651. The number of rotatable bonds is 5. The van der Waals surface area contributed by atoms with Crippen molar-refractivity contribution >= 4 is 25.8 Å². The first-order chi connectivity index (χ1) is 10.7. The zero-order valence-corrected chi connectivity index (χ0v) is 14.6. The topological polar surface area (TPSA) is 72.9 Å². The minimum absolute atomic E-state index is 0.123. The van der Waals surface area contributed by atoms with Crippen molar-refractivity contribution in [3.8, 4) is 0 Å². The molecule has 0 bridgehead atoms. The fraction of sp³-hybridized carbons (Fsp3) is 0.533. The van der Waals surface area contributed by atoms with E-state index in [0.29, 0.717) is 6.42 Å². The molecule has 2 rings (SSSR count). The number of ether oxygens (including phenoxy) is 2. The molecular weight excluding hydrogens is 342 g/mol. The van der Waals surface area contributed by atoms with Crippen LogP contribution in [0, 0.1) is 0 Å². The van der Waals surface area contributed by atoms with Gasteiger partial charge in [0, 0.05) is 17.8 Å². The fourth-order valence-corrected chi connectivity index (χ4v) is 4.57. The smallest absolute Gasteiger partial charge is 0.410 e. The molecule has 0 spiro atoms. The zero-order valence-electron chi connectivity index (χ0n) is 13.1. The first-order valence-electron chi connectivity index (χ1n) is 7.17. The van der Waals surface area contributed by atoms with Gasteiger partial charge in [-0.1, -0.05) is 30.3 Å². The van der Waals surface area contributed by atoms with E-state index in [-0.39, 0.29) is 25.0 Å². The van der Waals surface area contributed by atoms with Gasteiger partial charge in [-0.05, 0) is 18.9 Å². The molecule has 23 heavy (non-hydrogen) atoms. The van der Waals surface area contributed by atoms with Gasteiger partial charge in [-0.2, -0.15) is 0 Å². The molecule has 0 aromatic heterocycles. The number of amides is 1. The van der Waals surface area contributed by atoms with E-state index in [1.807, 2.05) is 30.3 Å². The standard InChI is InChI=1S/C15H20ClNO5S/c1-15(11-23(16,19)20)8-13(21-2)9-17(15)14(18)22-10-12-6-4-3-5-7-12/h3-7,13H,8-11H2,1-2H3. The molecule has 2 unspecified atom stereocenters. The predicted octanol–water partition coefficient (Wildman–Crippen LogP) is 2.37. The highest BCUT2D eigenvalue weighted by molar-refractivity contribution is 8.13. The van der Waals surface area contributed by atoms with Crippen LogP contribution in [-0.4, -0.2) is 50.5 Å². The minimum atomic E-state index is -3.76. The summed E-state index contributed by atoms with van der Waals surface area (Å²) in [4.78, 5) is 13.8. The average molecular weight is 362 g/mol. The monoisotopic (exact) mass is 361 g/mol. The Morgan fingerprint density at radius 3 is 2.61 bits per heavy atom. The van der Waals surface area contributed by atoms with Crippen molar-refractivity contribution in [3.05, 3.63) is 35.9 Å². The van der Waals surface area contributed by atoms with Crippen LogP contribution < -0.4 is 0 Å². The highest BCUT2D eigenvalue weighted by Gasteiger charge is 2.48. The molecule has 128 valence electrons. The van der Waals surface area contributed by atoms with Crippen LogP contribution in [0.5, 0.6) is 0 Å². The second-order valence-corrected chi connectivity index (χ2v) is 8.67. The van der Waals surface area contributed by atoms with Gasteiger partial charge in [-0.3, -0.25) is 4.90 Å². The number of carbonyl (C=O) groups is 1. The molecule has 1 fully saturated rings. The van der Waals surface area contributed by atoms with E-state index >= 15 is 0 Å². The lowest BCUT2D eigenvalue weighted by Crippen LogP contribution is -2.49. The normalized spacial score (nSPS) is 24.7. The molecule has 1 saturated heterocycles. The molecule has 0 aliphatic carbocycles. The van der Waals surface area contributed by atoms with E-state index in [1.54, 1.807) is 6.92 Å². The Balaban J connectivity index is 2.09. The summed E-state index contributed by atoms with van der Waals surface area (Å²) in [5.41, 5.74) is -0.0929. The summed E-state index contributed by atoms with van der Waals surface area (Å²) in [6.45, 7) is 2.07. The van der Waals surface area contributed by atoms with Gasteiger partial charge in [-0.15, -0.1) is 0 Å². The summed E-state index contributed by atoms with van der Waals surface area (Å²) in [6, 6.07) is 9.26. The lowest BCUT2D eigenvalue weighted by atomic mass is 10.0. The summed E-state index contributed by atoms with van der Waals surface area (Å²) in [7, 11) is 3.15. The van der Waals surface area contributed by atoms with Crippen LogP contribution in [-0.2, 0) is 25.1 Å². The van der Waals surface area contributed by atoms with Gasteiger partial charge in [-0.25, -0.2) is 13.2 Å². The predicted molar refractivity (Wildman–Crippen MR) is 86.8 cm³/mol. The number of hydrogen-bond acceptors (Lipinski definition) is 5. The number of nitrogens with zero attached hydrogens (tertiary/aromatic N) is 1. The molecule has 8 heteroatoms. The number of carbonyl (C=O) groups excluding carboxylic acids is 1. The van der Waals surface area contributed by atoms with E-state index < -0.39 is 20.7 Å². The van der Waals surface area contributed by atoms with Gasteiger partial charge in [0.25, 0.3) is 0 Å². The first-order valence-corrected chi connectivity index (χ1v) is 9.65. The van der Waals surface area contributed by atoms with E-state index in [9.17, 15) is 13.2 Å². The molecular formula is C15H20ClNO5S. The van der Waals surface area contributed by atoms with Crippen molar-refractivity contribution in [1.29, 1.82) is 0 Å². The zero-order chi connectivity index (χ0) is 17.1. The maximum Gasteiger partial charge on any atom is 0.410 e. The van der Waals surface area contributed by atoms with Gasteiger partial charge in [0.15, 0.2) is 0 Å². The molecule has 1 aliphatic heterocycles. The number of likely N-dealkylation sites (tertiary alicyclic amines) is 1. The van der Waals surface area contributed by atoms with Crippen molar-refractivity contribution < 1.29 is 22.7 Å². The second-order valence-electron chi connectivity index (χ2n) is 5.89. The minimum Gasteiger partial charge on any atom is -0.445 e. The highest BCUT2D eigenvalue weighted by Crippen LogP contribution is 2.33. The quantitative estimate of drug-likeness (QED) is 0.753. The molecule has 0 N–H and O–H groups in total. The average Bonchev–Trinajstić information content (AvgIpc) is 2.80. The Morgan fingerprint density at radius 2 is 2.04 bits per heavy atom. The van der Waals surface area contributed by atoms with Gasteiger partial charge in [0.05, 0.1) is 23.9 Å². The van der Waals surface area contributed by atoms with Crippen molar-refractivity contribution in [2.75, 3.05) is 19.4 Å². The Kier molecular flexibility index (Phi) is 5.54. The fourth-order valence-electron chi connectivity index (χ4n) is 2.85. The first kappa shape index (κ1) is 18.0. The van der Waals surface area contributed by atoms with Crippen LogP contribution in [0.25, 0.3) is 0 Å². The third kappa shape index (κ3) is 4.83. The van der Waals surface area contributed by atoms with E-state index in [1.165, 1.54) is 12.0 Å². The molecule has 1 amide bonds. The van der Waals surface area contributed by atoms with Crippen molar-refractivity contribution in [1.82, 2.24) is 4.90 Å². The van der Waals surface area contributed by atoms with Crippen LogP contribution >= 0.6 is 10.7 Å². The molecule has 0 radical (unpaired) electrons. The maximum atomic E-state index is 12.4. The third-order valence-electron chi connectivity index (χ3n) is 3.95. The van der Waals surface area contributed by atoms with Crippen LogP contribution in [0.2, 0.25) is 0 Å². The summed E-state index contributed by atoms with van der Waals surface area (Å²) < 4.78 is 33.5. The second kappa shape index (κ2) is 7.07. The maximum absolute atomic E-state index is 12.4. The number of methoxy groups -OCH3 is 1. The Morgan fingerprint density at radius 1 is 1.39 bits per heavy atom. The van der Waals surface area contributed by atoms with Crippen LogP contribution in [0.4, 0.5) is 4.79 Å². The van der Waals surface area contributed by atoms with Crippen molar-refractivity contribution in [2.45, 2.75) is 31.6 Å². The Labute approximate surface area is 140 Å². The number of halogens is 1. The molecule has 6 nitrogen and oxygen atoms in total. The molecule has 2 atom stereocenters. The van der Waals surface area contributed by atoms with Gasteiger partial charge in [0.2, 0.25) is 9.05 Å². The number of benzene rings is 1. The summed E-state index contributed by atoms with van der Waals surface area (Å²) >= 11 is 0. The Hall–Kier alpha value is -1.31. The molecule has 0 saturated carbocycles. The van der Waals surface area contributed by atoms with E-state index in [2.05, 4.69) is 0 Å². The lowest BCUT2D eigenvalue weighted by molar-refractivity contribution is 0.0709. The lowest BCUT2D eigenvalue weighted by Gasteiger charge is -2.32. The van der Waals surface area contributed by atoms with Crippen molar-refractivity contribution in [2.24, 2.45) is 0 Å². The van der Waals surface area contributed by atoms with E-state index in [0.717, 1.165) is 5.56 Å². The highest BCUT2D eigenvalue weighted by atomic mass is 35.7. The summed E-state index contributed by atoms with van der Waals surface area (Å²) in [5, 5.41) is 0. The van der Waals surface area contributed by atoms with Gasteiger partial charge in [0.1, 0.15) is 6.61 Å². The van der Waals surface area contributed by atoms with E-state index in [4.69, 9.17) is 20.2 Å². The van der Waals surface area contributed by atoms with Crippen LogP contribution in [0.3, 0.4) is 0 Å². The third-order valence-corrected chi connectivity index (χ3v) is 5.24. The molecule has 1 aliphatic rings. The van der Waals surface area contributed by atoms with Crippen molar-refractivity contribution in [3.63, 3.8) is 0 Å². The SMILES string of the molecule is COC1CN(C(=O)OCc2ccccc2)C(C)(CS(=O)(=O)Cl)C1. The molecule has 1 aromatic carbocycles. The molecule has 1 aromatic rings. The summed E-state index contributed by atoms with van der Waals surface area (Å²) in [5.74, 6) is -0.345. The number of hydrogen-bond donors (Lipinski definition) is 0. The summed E-state index contributed by atoms with van der Waals surface area (Å²) in [6.07, 6.45) is -0.436. The van der Waals surface area contributed by atoms with Gasteiger partial charge >= 0.3 is 6.09 Å². The molecule has 1 heterocycles. The van der Waals surface area contributed by atoms with Gasteiger partial charge < -0.3 is 9.47 Å². The van der Waals surface area contributed by atoms with Crippen LogP contribution in [0.15, 0.2) is 30.3 Å². The van der Waals surface area contributed by atoms with Crippen LogP contribution in [0.1, 0.15) is 18.9 Å². The largest absolute Gasteiger partial charge is 0.445 e.